The molecule has 0 radical (unpaired) electrons. The summed E-state index contributed by atoms with van der Waals surface area (Å²) in [5, 5.41) is 16.9. The number of aliphatic hydroxyl groups excluding tert-OH is 1. The van der Waals surface area contributed by atoms with E-state index in [1.807, 2.05) is 6.92 Å². The van der Waals surface area contributed by atoms with Crippen LogP contribution in [-0.2, 0) is 6.42 Å². The van der Waals surface area contributed by atoms with Crippen LogP contribution in [0.4, 0.5) is 5.13 Å². The maximum atomic E-state index is 10.2. The SMILES string of the molecule is CC=Cc1ccc([C@H]2[C@@H](CO)N(c3nc(CC)cs3)[C@H]2CNC(C)C)cc1. The topological polar surface area (TPSA) is 48.4 Å². The lowest BCUT2D eigenvalue weighted by molar-refractivity contribution is 0.166. The monoisotopic (exact) mass is 385 g/mol. The van der Waals surface area contributed by atoms with Crippen LogP contribution in [0.25, 0.3) is 6.08 Å². The second kappa shape index (κ2) is 9.00. The van der Waals surface area contributed by atoms with E-state index < -0.39 is 0 Å². The molecular formula is C22H31N3OS. The highest BCUT2D eigenvalue weighted by atomic mass is 32.1. The summed E-state index contributed by atoms with van der Waals surface area (Å²) < 4.78 is 0. The van der Waals surface area contributed by atoms with Gasteiger partial charge in [-0.25, -0.2) is 4.98 Å². The molecule has 0 amide bonds. The van der Waals surface area contributed by atoms with Crippen molar-refractivity contribution >= 4 is 22.5 Å². The van der Waals surface area contributed by atoms with Crippen molar-refractivity contribution < 1.29 is 5.11 Å². The van der Waals surface area contributed by atoms with Crippen molar-refractivity contribution in [3.05, 3.63) is 52.5 Å². The van der Waals surface area contributed by atoms with E-state index in [9.17, 15) is 5.11 Å². The third kappa shape index (κ3) is 4.26. The van der Waals surface area contributed by atoms with Gasteiger partial charge >= 0.3 is 0 Å². The van der Waals surface area contributed by atoms with Crippen LogP contribution in [0.3, 0.4) is 0 Å². The minimum Gasteiger partial charge on any atom is -0.394 e. The van der Waals surface area contributed by atoms with E-state index >= 15 is 0 Å². The van der Waals surface area contributed by atoms with Gasteiger partial charge in [0.2, 0.25) is 0 Å². The predicted molar refractivity (Wildman–Crippen MR) is 116 cm³/mol. The second-order valence-electron chi connectivity index (χ2n) is 7.45. The van der Waals surface area contributed by atoms with E-state index in [1.165, 1.54) is 11.1 Å². The molecule has 0 aliphatic carbocycles. The van der Waals surface area contributed by atoms with Gasteiger partial charge in [-0.1, -0.05) is 57.2 Å². The molecule has 2 aromatic rings. The Kier molecular flexibility index (Phi) is 6.68. The van der Waals surface area contributed by atoms with Crippen LogP contribution < -0.4 is 10.2 Å². The molecule has 146 valence electrons. The van der Waals surface area contributed by atoms with Crippen molar-refractivity contribution in [2.75, 3.05) is 18.1 Å². The van der Waals surface area contributed by atoms with Gasteiger partial charge in [-0.15, -0.1) is 11.3 Å². The number of nitrogens with one attached hydrogen (secondary N) is 1. The highest BCUT2D eigenvalue weighted by Gasteiger charge is 2.49. The fourth-order valence-corrected chi connectivity index (χ4v) is 4.88. The first-order chi connectivity index (χ1) is 13.1. The molecule has 1 aromatic heterocycles. The molecule has 1 fully saturated rings. The first kappa shape index (κ1) is 20.1. The molecule has 0 spiro atoms. The summed E-state index contributed by atoms with van der Waals surface area (Å²) in [6.45, 7) is 9.53. The fraction of sp³-hybridized carbons (Fsp3) is 0.500. The van der Waals surface area contributed by atoms with Crippen molar-refractivity contribution in [1.29, 1.82) is 0 Å². The van der Waals surface area contributed by atoms with Crippen molar-refractivity contribution in [2.24, 2.45) is 0 Å². The predicted octanol–water partition coefficient (Wildman–Crippen LogP) is 4.07. The first-order valence-electron chi connectivity index (χ1n) is 9.88. The molecule has 2 N–H and O–H groups in total. The summed E-state index contributed by atoms with van der Waals surface area (Å²) in [5.41, 5.74) is 3.63. The van der Waals surface area contributed by atoms with Gasteiger partial charge in [0.25, 0.3) is 0 Å². The molecule has 0 bridgehead atoms. The number of aliphatic hydroxyl groups is 1. The average molecular weight is 386 g/mol. The lowest BCUT2D eigenvalue weighted by atomic mass is 9.75. The first-order valence-corrected chi connectivity index (χ1v) is 10.8. The van der Waals surface area contributed by atoms with Crippen molar-refractivity contribution in [3.8, 4) is 0 Å². The zero-order chi connectivity index (χ0) is 19.4. The molecule has 0 saturated carbocycles. The maximum absolute atomic E-state index is 10.2. The Balaban J connectivity index is 1.88. The minimum atomic E-state index is 0.0763. The van der Waals surface area contributed by atoms with Gasteiger partial charge in [0, 0.05) is 23.9 Å². The van der Waals surface area contributed by atoms with Crippen LogP contribution in [0.1, 0.15) is 50.4 Å². The number of allylic oxidation sites excluding steroid dienone is 1. The van der Waals surface area contributed by atoms with Crippen LogP contribution in [0.2, 0.25) is 0 Å². The lowest BCUT2D eigenvalue weighted by Crippen LogP contribution is -2.67. The van der Waals surface area contributed by atoms with Gasteiger partial charge < -0.3 is 15.3 Å². The average Bonchev–Trinajstić information content (AvgIpc) is 3.11. The van der Waals surface area contributed by atoms with E-state index in [1.54, 1.807) is 11.3 Å². The quantitative estimate of drug-likeness (QED) is 0.719. The summed E-state index contributed by atoms with van der Waals surface area (Å²) in [6.07, 6.45) is 5.11. The summed E-state index contributed by atoms with van der Waals surface area (Å²) in [4.78, 5) is 7.11. The van der Waals surface area contributed by atoms with Crippen molar-refractivity contribution in [3.63, 3.8) is 0 Å². The molecule has 1 aromatic carbocycles. The summed E-state index contributed by atoms with van der Waals surface area (Å²) >= 11 is 1.69. The van der Waals surface area contributed by atoms with Gasteiger partial charge in [-0.05, 0) is 24.5 Å². The molecule has 3 atom stereocenters. The Labute approximate surface area is 167 Å². The van der Waals surface area contributed by atoms with Gasteiger partial charge in [0.05, 0.1) is 24.4 Å². The lowest BCUT2D eigenvalue weighted by Gasteiger charge is -2.55. The number of aromatic nitrogens is 1. The normalized spacial score (nSPS) is 22.6. The number of benzene rings is 1. The number of thiazole rings is 1. The fourth-order valence-electron chi connectivity index (χ4n) is 3.86. The van der Waals surface area contributed by atoms with Gasteiger partial charge in [-0.2, -0.15) is 0 Å². The van der Waals surface area contributed by atoms with Crippen LogP contribution >= 0.6 is 11.3 Å². The number of rotatable bonds is 8. The van der Waals surface area contributed by atoms with E-state index in [0.717, 1.165) is 23.8 Å². The molecule has 1 aliphatic heterocycles. The zero-order valence-electron chi connectivity index (χ0n) is 16.7. The minimum absolute atomic E-state index is 0.0763. The summed E-state index contributed by atoms with van der Waals surface area (Å²) in [5.74, 6) is 0.301. The highest BCUT2D eigenvalue weighted by Crippen LogP contribution is 2.44. The zero-order valence-corrected chi connectivity index (χ0v) is 17.5. The summed E-state index contributed by atoms with van der Waals surface area (Å²) in [7, 11) is 0. The second-order valence-corrected chi connectivity index (χ2v) is 8.29. The Morgan fingerprint density at radius 1 is 1.26 bits per heavy atom. The molecule has 1 aliphatic rings. The maximum Gasteiger partial charge on any atom is 0.186 e. The number of aryl methyl sites for hydroxylation is 1. The molecule has 5 heteroatoms. The Hall–Kier alpha value is -1.69. The Morgan fingerprint density at radius 3 is 2.56 bits per heavy atom. The van der Waals surface area contributed by atoms with E-state index in [-0.39, 0.29) is 12.6 Å². The molecular weight excluding hydrogens is 354 g/mol. The molecule has 0 unspecified atom stereocenters. The van der Waals surface area contributed by atoms with Crippen LogP contribution in [0.5, 0.6) is 0 Å². The number of nitrogens with zero attached hydrogens (tertiary/aromatic N) is 2. The van der Waals surface area contributed by atoms with Crippen LogP contribution in [0.15, 0.2) is 35.7 Å². The largest absolute Gasteiger partial charge is 0.394 e. The van der Waals surface area contributed by atoms with Crippen LogP contribution in [0, 0.1) is 0 Å². The number of hydrogen-bond acceptors (Lipinski definition) is 5. The van der Waals surface area contributed by atoms with Gasteiger partial charge in [0.1, 0.15) is 0 Å². The standard InChI is InChI=1S/C22H31N3OS/c1-5-7-16-8-10-17(11-9-16)21-19(12-23-15(3)4)25(20(21)13-26)22-24-18(6-2)14-27-22/h5,7-11,14-15,19-21,23,26H,6,12-13H2,1-4H3/t19-,20+,21+/m0/s1. The number of anilines is 1. The van der Waals surface area contributed by atoms with Gasteiger partial charge in [-0.3, -0.25) is 0 Å². The smallest absolute Gasteiger partial charge is 0.186 e. The molecule has 2 heterocycles. The molecule has 1 saturated heterocycles. The number of hydrogen-bond donors (Lipinski definition) is 2. The molecule has 4 nitrogen and oxygen atoms in total. The van der Waals surface area contributed by atoms with E-state index in [0.29, 0.717) is 18.0 Å². The van der Waals surface area contributed by atoms with E-state index in [2.05, 4.69) is 72.8 Å². The third-order valence-electron chi connectivity index (χ3n) is 5.27. The molecule has 27 heavy (non-hydrogen) atoms. The Bertz CT molecular complexity index is 753. The van der Waals surface area contributed by atoms with Gasteiger partial charge in [0.15, 0.2) is 5.13 Å². The Morgan fingerprint density at radius 2 is 2.00 bits per heavy atom. The van der Waals surface area contributed by atoms with Crippen molar-refractivity contribution in [1.82, 2.24) is 10.3 Å². The molecule has 3 rings (SSSR count). The van der Waals surface area contributed by atoms with Crippen molar-refractivity contribution in [2.45, 2.75) is 58.2 Å². The summed E-state index contributed by atoms with van der Waals surface area (Å²) in [6, 6.07) is 9.56. The highest BCUT2D eigenvalue weighted by molar-refractivity contribution is 7.13. The van der Waals surface area contributed by atoms with Crippen LogP contribution in [-0.4, -0.2) is 41.4 Å². The van der Waals surface area contributed by atoms with E-state index in [4.69, 9.17) is 4.98 Å². The third-order valence-corrected chi connectivity index (χ3v) is 6.17.